The number of carbonyl (C=O) groups is 1. The van der Waals surface area contributed by atoms with E-state index in [1.165, 1.54) is 12.1 Å². The Hall–Kier alpha value is -1.48. The Labute approximate surface area is 86.6 Å². The second-order valence-corrected chi connectivity index (χ2v) is 3.15. The van der Waals surface area contributed by atoms with Crippen molar-refractivity contribution in [1.82, 2.24) is 0 Å². The Bertz CT molecular complexity index is 360. The van der Waals surface area contributed by atoms with Crippen LogP contribution >= 0.6 is 11.6 Å². The quantitative estimate of drug-likeness (QED) is 0.782. The summed E-state index contributed by atoms with van der Waals surface area (Å²) >= 11 is 5.41. The molecule has 0 saturated heterocycles. The smallest absolute Gasteiger partial charge is 0.342 e. The number of ether oxygens (including phenoxy) is 1. The van der Waals surface area contributed by atoms with Crippen LogP contribution in [-0.4, -0.2) is 17.7 Å². The van der Waals surface area contributed by atoms with Gasteiger partial charge in [-0.05, 0) is 12.1 Å². The number of benzene rings is 1. The Balaban J connectivity index is 2.70. The number of esters is 1. The van der Waals surface area contributed by atoms with Gasteiger partial charge in [-0.25, -0.2) is 4.79 Å². The fourth-order valence-corrected chi connectivity index (χ4v) is 0.922. The number of para-hydroxylation sites is 1. The maximum absolute atomic E-state index is 11.3. The lowest BCUT2D eigenvalue weighted by atomic mass is 10.2. The third-order valence-electron chi connectivity index (χ3n) is 1.48. The summed E-state index contributed by atoms with van der Waals surface area (Å²) in [5.41, 5.74) is 0.116. The second-order valence-electron chi connectivity index (χ2n) is 2.61. The van der Waals surface area contributed by atoms with E-state index in [1.54, 1.807) is 12.1 Å². The Morgan fingerprint density at radius 2 is 2.14 bits per heavy atom. The highest BCUT2D eigenvalue weighted by molar-refractivity contribution is 6.29. The fraction of sp³-hybridized carbons (Fsp3) is 0.100. The monoisotopic (exact) mass is 212 g/mol. The molecule has 1 N–H and O–H groups in total. The average Bonchev–Trinajstić information content (AvgIpc) is 2.15. The molecule has 1 aromatic carbocycles. The van der Waals surface area contributed by atoms with E-state index in [4.69, 9.17) is 16.3 Å². The number of carbonyl (C=O) groups excluding carboxylic acids is 1. The molecular weight excluding hydrogens is 204 g/mol. The van der Waals surface area contributed by atoms with E-state index in [0.717, 1.165) is 0 Å². The lowest BCUT2D eigenvalue weighted by Gasteiger charge is -2.04. The van der Waals surface area contributed by atoms with Gasteiger partial charge in [0.1, 0.15) is 17.9 Å². The number of halogens is 1. The number of phenols is 1. The van der Waals surface area contributed by atoms with Gasteiger partial charge in [-0.15, -0.1) is 0 Å². The van der Waals surface area contributed by atoms with Gasteiger partial charge in [0, 0.05) is 5.03 Å². The molecule has 0 fully saturated rings. The summed E-state index contributed by atoms with van der Waals surface area (Å²) in [7, 11) is 0. The van der Waals surface area contributed by atoms with Gasteiger partial charge in [0.2, 0.25) is 0 Å². The van der Waals surface area contributed by atoms with Gasteiger partial charge >= 0.3 is 5.97 Å². The molecule has 0 spiro atoms. The van der Waals surface area contributed by atoms with E-state index in [0.29, 0.717) is 0 Å². The molecule has 1 rings (SSSR count). The van der Waals surface area contributed by atoms with Crippen molar-refractivity contribution in [2.24, 2.45) is 0 Å². The zero-order valence-corrected chi connectivity index (χ0v) is 8.12. The maximum atomic E-state index is 11.3. The van der Waals surface area contributed by atoms with Crippen LogP contribution in [0.2, 0.25) is 0 Å². The summed E-state index contributed by atoms with van der Waals surface area (Å²) in [4.78, 5) is 11.3. The zero-order chi connectivity index (χ0) is 10.6. The zero-order valence-electron chi connectivity index (χ0n) is 7.37. The second kappa shape index (κ2) is 4.67. The molecule has 74 valence electrons. The van der Waals surface area contributed by atoms with Crippen molar-refractivity contribution in [2.75, 3.05) is 6.61 Å². The molecule has 0 atom stereocenters. The van der Waals surface area contributed by atoms with E-state index in [2.05, 4.69) is 6.58 Å². The molecule has 0 amide bonds. The first kappa shape index (κ1) is 10.6. The van der Waals surface area contributed by atoms with Crippen LogP contribution in [0.1, 0.15) is 10.4 Å². The molecule has 3 nitrogen and oxygen atoms in total. The molecule has 0 heterocycles. The highest BCUT2D eigenvalue weighted by Crippen LogP contribution is 2.16. The number of hydrogen-bond donors (Lipinski definition) is 1. The van der Waals surface area contributed by atoms with Gasteiger partial charge in [0.25, 0.3) is 0 Å². The minimum Gasteiger partial charge on any atom is -0.507 e. The molecule has 0 aliphatic heterocycles. The predicted octanol–water partition coefficient (Wildman–Crippen LogP) is 2.30. The normalized spacial score (nSPS) is 9.50. The predicted molar refractivity (Wildman–Crippen MR) is 53.4 cm³/mol. The summed E-state index contributed by atoms with van der Waals surface area (Å²) in [5, 5.41) is 9.52. The molecule has 0 radical (unpaired) electrons. The van der Waals surface area contributed by atoms with Crippen molar-refractivity contribution in [3.8, 4) is 5.75 Å². The van der Waals surface area contributed by atoms with Crippen LogP contribution in [0.4, 0.5) is 0 Å². The van der Waals surface area contributed by atoms with Gasteiger partial charge < -0.3 is 9.84 Å². The number of aromatic hydroxyl groups is 1. The molecule has 0 unspecified atom stereocenters. The lowest BCUT2D eigenvalue weighted by Crippen LogP contribution is -2.06. The van der Waals surface area contributed by atoms with Crippen molar-refractivity contribution < 1.29 is 14.6 Å². The molecular formula is C10H9ClO3. The molecule has 0 aliphatic carbocycles. The van der Waals surface area contributed by atoms with Crippen LogP contribution < -0.4 is 0 Å². The summed E-state index contributed by atoms with van der Waals surface area (Å²) in [5.74, 6) is -0.734. The molecule has 4 heteroatoms. The van der Waals surface area contributed by atoms with E-state index in [9.17, 15) is 9.90 Å². The Morgan fingerprint density at radius 1 is 1.50 bits per heavy atom. The molecule has 0 aromatic heterocycles. The Morgan fingerprint density at radius 3 is 2.71 bits per heavy atom. The standard InChI is InChI=1S/C10H9ClO3/c1-7(11)6-14-10(13)8-4-2-3-5-9(8)12/h2-5,12H,1,6H2. The van der Waals surface area contributed by atoms with Crippen molar-refractivity contribution >= 4 is 17.6 Å². The van der Waals surface area contributed by atoms with Gasteiger partial charge in [-0.1, -0.05) is 30.3 Å². The average molecular weight is 213 g/mol. The van der Waals surface area contributed by atoms with E-state index >= 15 is 0 Å². The van der Waals surface area contributed by atoms with Crippen molar-refractivity contribution in [2.45, 2.75) is 0 Å². The lowest BCUT2D eigenvalue weighted by molar-refractivity contribution is 0.0543. The van der Waals surface area contributed by atoms with Gasteiger partial charge in [0.05, 0.1) is 0 Å². The van der Waals surface area contributed by atoms with Gasteiger partial charge in [-0.2, -0.15) is 0 Å². The van der Waals surface area contributed by atoms with E-state index in [1.807, 2.05) is 0 Å². The molecule has 14 heavy (non-hydrogen) atoms. The van der Waals surface area contributed by atoms with Crippen molar-refractivity contribution in [1.29, 1.82) is 0 Å². The Kier molecular flexibility index (Phi) is 3.54. The van der Waals surface area contributed by atoms with Crippen LogP contribution in [-0.2, 0) is 4.74 Å². The number of rotatable bonds is 3. The summed E-state index contributed by atoms with van der Waals surface area (Å²) in [6.07, 6.45) is 0. The summed E-state index contributed by atoms with van der Waals surface area (Å²) in [6, 6.07) is 6.12. The minimum absolute atomic E-state index is 0.0608. The first-order valence-electron chi connectivity index (χ1n) is 3.89. The fourth-order valence-electron chi connectivity index (χ4n) is 0.868. The summed E-state index contributed by atoms with van der Waals surface area (Å²) < 4.78 is 4.74. The topological polar surface area (TPSA) is 46.5 Å². The van der Waals surface area contributed by atoms with Crippen LogP contribution in [0.15, 0.2) is 35.9 Å². The number of hydrogen-bond acceptors (Lipinski definition) is 3. The van der Waals surface area contributed by atoms with Crippen LogP contribution in [0.3, 0.4) is 0 Å². The first-order chi connectivity index (χ1) is 6.61. The number of phenolic OH excluding ortho intramolecular Hbond substituents is 1. The highest BCUT2D eigenvalue weighted by atomic mass is 35.5. The van der Waals surface area contributed by atoms with Crippen LogP contribution in [0.25, 0.3) is 0 Å². The molecule has 1 aromatic rings. The van der Waals surface area contributed by atoms with Gasteiger partial charge in [0.15, 0.2) is 0 Å². The largest absolute Gasteiger partial charge is 0.507 e. The third kappa shape index (κ3) is 2.78. The first-order valence-corrected chi connectivity index (χ1v) is 4.27. The molecule has 0 bridgehead atoms. The van der Waals surface area contributed by atoms with Crippen molar-refractivity contribution in [3.63, 3.8) is 0 Å². The minimum atomic E-state index is -0.620. The summed E-state index contributed by atoms with van der Waals surface area (Å²) in [6.45, 7) is 3.31. The molecule has 0 saturated carbocycles. The molecule has 0 aliphatic rings. The SMILES string of the molecule is C=C(Cl)COC(=O)c1ccccc1O. The van der Waals surface area contributed by atoms with E-state index in [-0.39, 0.29) is 23.0 Å². The highest BCUT2D eigenvalue weighted by Gasteiger charge is 2.11. The van der Waals surface area contributed by atoms with Crippen molar-refractivity contribution in [3.05, 3.63) is 41.4 Å². The maximum Gasteiger partial charge on any atom is 0.342 e. The third-order valence-corrected chi connectivity index (χ3v) is 1.59. The van der Waals surface area contributed by atoms with Crippen LogP contribution in [0, 0.1) is 0 Å². The van der Waals surface area contributed by atoms with Gasteiger partial charge in [-0.3, -0.25) is 0 Å². The van der Waals surface area contributed by atoms with Crippen LogP contribution in [0.5, 0.6) is 5.75 Å². The van der Waals surface area contributed by atoms with E-state index < -0.39 is 5.97 Å².